The molecule has 0 spiro atoms. The molecule has 0 bridgehead atoms. The molecule has 0 aliphatic heterocycles. The Morgan fingerprint density at radius 1 is 1.45 bits per heavy atom. The maximum Gasteiger partial charge on any atom is 0.305 e. The van der Waals surface area contributed by atoms with Crippen LogP contribution in [0.1, 0.15) is 27.2 Å². The van der Waals surface area contributed by atoms with E-state index in [-0.39, 0.29) is 18.9 Å². The van der Waals surface area contributed by atoms with Gasteiger partial charge in [0.25, 0.3) is 5.91 Å². The van der Waals surface area contributed by atoms with E-state index in [1.165, 1.54) is 18.2 Å². The standard InChI is InChI=1S/C15H19BrFNO4/c1-9(2)15(3,7-14(20)21)18-13(19)8-22-12-5-4-10(17)6-11(12)16/h4-6,9H,7-8H2,1-3H3,(H,18,19)(H,20,21). The number of carboxylic acid groups (broad SMARTS) is 1. The van der Waals surface area contributed by atoms with Gasteiger partial charge in [-0.2, -0.15) is 0 Å². The zero-order chi connectivity index (χ0) is 16.9. The average Bonchev–Trinajstić information content (AvgIpc) is 2.36. The van der Waals surface area contributed by atoms with Crippen molar-refractivity contribution in [2.45, 2.75) is 32.7 Å². The highest BCUT2D eigenvalue weighted by molar-refractivity contribution is 9.10. The first kappa shape index (κ1) is 18.4. The molecule has 122 valence electrons. The SMILES string of the molecule is CC(C)C(C)(CC(=O)O)NC(=O)COc1ccc(F)cc1Br. The minimum atomic E-state index is -0.987. The smallest absolute Gasteiger partial charge is 0.305 e. The molecule has 1 aromatic rings. The van der Waals surface area contributed by atoms with Gasteiger partial charge >= 0.3 is 5.97 Å². The van der Waals surface area contributed by atoms with E-state index in [4.69, 9.17) is 9.84 Å². The highest BCUT2D eigenvalue weighted by Gasteiger charge is 2.32. The number of aliphatic carboxylic acids is 1. The highest BCUT2D eigenvalue weighted by Crippen LogP contribution is 2.25. The summed E-state index contributed by atoms with van der Waals surface area (Å²) >= 11 is 3.14. The summed E-state index contributed by atoms with van der Waals surface area (Å²) in [5.74, 6) is -1.57. The van der Waals surface area contributed by atoms with Gasteiger partial charge in [0.1, 0.15) is 11.6 Å². The van der Waals surface area contributed by atoms with Gasteiger partial charge in [-0.05, 0) is 47.0 Å². The molecule has 0 aromatic heterocycles. The minimum Gasteiger partial charge on any atom is -0.483 e. The molecule has 1 amide bonds. The summed E-state index contributed by atoms with van der Waals surface area (Å²) < 4.78 is 18.7. The third-order valence-electron chi connectivity index (χ3n) is 3.47. The first-order chi connectivity index (χ1) is 10.1. The van der Waals surface area contributed by atoms with Crippen molar-refractivity contribution in [3.63, 3.8) is 0 Å². The lowest BCUT2D eigenvalue weighted by atomic mass is 9.85. The van der Waals surface area contributed by atoms with Crippen LogP contribution in [0.5, 0.6) is 5.75 Å². The second-order valence-electron chi connectivity index (χ2n) is 5.55. The molecule has 1 aromatic carbocycles. The summed E-state index contributed by atoms with van der Waals surface area (Å²) in [6.07, 6.45) is -0.184. The lowest BCUT2D eigenvalue weighted by Gasteiger charge is -2.33. The van der Waals surface area contributed by atoms with Crippen molar-refractivity contribution in [1.82, 2.24) is 5.32 Å². The molecule has 1 unspecified atom stereocenters. The summed E-state index contributed by atoms with van der Waals surface area (Å²) in [5, 5.41) is 11.6. The number of hydrogen-bond donors (Lipinski definition) is 2. The predicted octanol–water partition coefficient (Wildman–Crippen LogP) is 2.97. The number of carbonyl (C=O) groups is 2. The Kier molecular flexibility index (Phi) is 6.34. The van der Waals surface area contributed by atoms with Gasteiger partial charge in [0.05, 0.1) is 16.4 Å². The molecule has 0 fully saturated rings. The molecule has 1 rings (SSSR count). The molecule has 1 atom stereocenters. The molecule has 0 aliphatic carbocycles. The Hall–Kier alpha value is -1.63. The third kappa shape index (κ3) is 5.29. The maximum atomic E-state index is 13.0. The third-order valence-corrected chi connectivity index (χ3v) is 4.09. The van der Waals surface area contributed by atoms with Gasteiger partial charge in [-0.25, -0.2) is 4.39 Å². The van der Waals surface area contributed by atoms with E-state index in [2.05, 4.69) is 21.2 Å². The number of carboxylic acids is 1. The van der Waals surface area contributed by atoms with Gasteiger partial charge < -0.3 is 15.2 Å². The maximum absolute atomic E-state index is 13.0. The van der Waals surface area contributed by atoms with Crippen molar-refractivity contribution in [3.05, 3.63) is 28.5 Å². The average molecular weight is 376 g/mol. The number of carbonyl (C=O) groups excluding carboxylic acids is 1. The number of ether oxygens (including phenoxy) is 1. The molecule has 0 radical (unpaired) electrons. The van der Waals surface area contributed by atoms with E-state index in [1.807, 2.05) is 13.8 Å². The zero-order valence-corrected chi connectivity index (χ0v) is 14.2. The number of hydrogen-bond acceptors (Lipinski definition) is 3. The summed E-state index contributed by atoms with van der Waals surface area (Å²) in [5.41, 5.74) is -0.869. The van der Waals surface area contributed by atoms with Crippen LogP contribution in [0, 0.1) is 11.7 Å². The quantitative estimate of drug-likeness (QED) is 0.767. The van der Waals surface area contributed by atoms with Crippen molar-refractivity contribution in [2.24, 2.45) is 5.92 Å². The molecule has 0 heterocycles. The number of nitrogens with one attached hydrogen (secondary N) is 1. The van der Waals surface area contributed by atoms with Crippen LogP contribution < -0.4 is 10.1 Å². The van der Waals surface area contributed by atoms with Gasteiger partial charge in [0.15, 0.2) is 6.61 Å². The molecule has 0 aliphatic rings. The lowest BCUT2D eigenvalue weighted by Crippen LogP contribution is -2.52. The molecular weight excluding hydrogens is 357 g/mol. The highest BCUT2D eigenvalue weighted by atomic mass is 79.9. The van der Waals surface area contributed by atoms with Crippen molar-refractivity contribution >= 4 is 27.8 Å². The van der Waals surface area contributed by atoms with E-state index in [0.29, 0.717) is 10.2 Å². The fourth-order valence-corrected chi connectivity index (χ4v) is 2.26. The number of amides is 1. The van der Waals surface area contributed by atoms with E-state index in [0.717, 1.165) is 0 Å². The summed E-state index contributed by atoms with van der Waals surface area (Å²) in [4.78, 5) is 22.9. The fourth-order valence-electron chi connectivity index (χ4n) is 1.80. The van der Waals surface area contributed by atoms with E-state index >= 15 is 0 Å². The van der Waals surface area contributed by atoms with Crippen LogP contribution >= 0.6 is 15.9 Å². The van der Waals surface area contributed by atoms with E-state index in [9.17, 15) is 14.0 Å². The van der Waals surface area contributed by atoms with Gasteiger partial charge in [0.2, 0.25) is 0 Å². The van der Waals surface area contributed by atoms with Crippen molar-refractivity contribution in [1.29, 1.82) is 0 Å². The summed E-state index contributed by atoms with van der Waals surface area (Å²) in [6, 6.07) is 3.86. The number of benzene rings is 1. The second-order valence-corrected chi connectivity index (χ2v) is 6.41. The number of halogens is 2. The molecule has 5 nitrogen and oxygen atoms in total. The van der Waals surface area contributed by atoms with Gasteiger partial charge in [0, 0.05) is 0 Å². The van der Waals surface area contributed by atoms with Crippen LogP contribution in [-0.2, 0) is 9.59 Å². The van der Waals surface area contributed by atoms with Crippen LogP contribution in [0.15, 0.2) is 22.7 Å². The largest absolute Gasteiger partial charge is 0.483 e. The van der Waals surface area contributed by atoms with Gasteiger partial charge in [-0.3, -0.25) is 9.59 Å². The molecule has 2 N–H and O–H groups in total. The first-order valence-electron chi connectivity index (χ1n) is 6.74. The fraction of sp³-hybridized carbons (Fsp3) is 0.467. The minimum absolute atomic E-state index is 0.0647. The normalized spacial score (nSPS) is 13.5. The lowest BCUT2D eigenvalue weighted by molar-refractivity contribution is -0.139. The molecule has 7 heteroatoms. The summed E-state index contributed by atoms with van der Waals surface area (Å²) in [7, 11) is 0. The Labute approximate surface area is 137 Å². The molecule has 0 saturated carbocycles. The first-order valence-corrected chi connectivity index (χ1v) is 7.54. The van der Waals surface area contributed by atoms with Crippen molar-refractivity contribution in [3.8, 4) is 5.75 Å². The van der Waals surface area contributed by atoms with Gasteiger partial charge in [-0.15, -0.1) is 0 Å². The van der Waals surface area contributed by atoms with Crippen LogP contribution in [0.2, 0.25) is 0 Å². The van der Waals surface area contributed by atoms with Crippen LogP contribution in [-0.4, -0.2) is 29.1 Å². The second kappa shape index (κ2) is 7.58. The van der Waals surface area contributed by atoms with Crippen molar-refractivity contribution < 1.29 is 23.8 Å². The van der Waals surface area contributed by atoms with E-state index < -0.39 is 23.2 Å². The Morgan fingerprint density at radius 3 is 2.59 bits per heavy atom. The monoisotopic (exact) mass is 375 g/mol. The Bertz CT molecular complexity index is 564. The van der Waals surface area contributed by atoms with Crippen LogP contribution in [0.25, 0.3) is 0 Å². The molecule has 22 heavy (non-hydrogen) atoms. The molecular formula is C15H19BrFNO4. The van der Waals surface area contributed by atoms with Crippen molar-refractivity contribution in [2.75, 3.05) is 6.61 Å². The zero-order valence-electron chi connectivity index (χ0n) is 12.7. The van der Waals surface area contributed by atoms with E-state index in [1.54, 1.807) is 6.92 Å². The predicted molar refractivity (Wildman–Crippen MR) is 83.2 cm³/mol. The van der Waals surface area contributed by atoms with Crippen LogP contribution in [0.4, 0.5) is 4.39 Å². The molecule has 0 saturated heterocycles. The number of rotatable bonds is 7. The summed E-state index contributed by atoms with van der Waals surface area (Å²) in [6.45, 7) is 5.06. The van der Waals surface area contributed by atoms with Gasteiger partial charge in [-0.1, -0.05) is 13.8 Å². The Morgan fingerprint density at radius 2 is 2.09 bits per heavy atom. The Balaban J connectivity index is 2.66. The van der Waals surface area contributed by atoms with Crippen LogP contribution in [0.3, 0.4) is 0 Å². The topological polar surface area (TPSA) is 75.6 Å².